The lowest BCUT2D eigenvalue weighted by atomic mass is 9.68. The highest BCUT2D eigenvalue weighted by molar-refractivity contribution is 5.23. The second kappa shape index (κ2) is 8.03. The van der Waals surface area contributed by atoms with Gasteiger partial charge in [-0.25, -0.2) is 0 Å². The lowest BCUT2D eigenvalue weighted by molar-refractivity contribution is -0.0928. The van der Waals surface area contributed by atoms with E-state index in [2.05, 4.69) is 5.32 Å². The molecule has 0 aromatic heterocycles. The fraction of sp³-hybridized carbons (Fsp3) is 1.00. The van der Waals surface area contributed by atoms with Crippen LogP contribution in [0.4, 0.5) is 0 Å². The molecule has 0 saturated carbocycles. The molecule has 0 aliphatic carbocycles. The number of nitrogens with one attached hydrogen (secondary N) is 1. The summed E-state index contributed by atoms with van der Waals surface area (Å²) in [6, 6.07) is -3.04. The van der Waals surface area contributed by atoms with Crippen LogP contribution in [-0.4, -0.2) is 71.7 Å². The van der Waals surface area contributed by atoms with Crippen LogP contribution in [0.25, 0.3) is 0 Å². The van der Waals surface area contributed by atoms with E-state index in [-0.39, 0.29) is 13.1 Å². The Morgan fingerprint density at radius 3 is 1.63 bits per heavy atom. The van der Waals surface area contributed by atoms with E-state index in [1.807, 2.05) is 0 Å². The molecule has 0 radical (unpaired) electrons. The zero-order valence-electron chi connectivity index (χ0n) is 15.6. The lowest BCUT2D eigenvalue weighted by Gasteiger charge is -2.63. The molecule has 4 atom stereocenters. The van der Waals surface area contributed by atoms with Crippen molar-refractivity contribution in [2.75, 3.05) is 19.6 Å². The Kier molecular flexibility index (Phi) is 7.27. The van der Waals surface area contributed by atoms with Crippen LogP contribution < -0.4 is 79.9 Å². The highest BCUT2D eigenvalue weighted by Crippen LogP contribution is 2.35. The fourth-order valence-corrected chi connectivity index (χ4v) is 3.85. The molecule has 27 N–H and O–H groups in total. The molecule has 1 rings (SSSR count). The van der Waals surface area contributed by atoms with Gasteiger partial charge in [0.15, 0.2) is 0 Å². The Labute approximate surface area is 158 Å². The van der Waals surface area contributed by atoms with Gasteiger partial charge in [0.05, 0.1) is 17.6 Å². The fourth-order valence-electron chi connectivity index (χ4n) is 3.85. The van der Waals surface area contributed by atoms with Crippen LogP contribution >= 0.6 is 0 Å². The van der Waals surface area contributed by atoms with Gasteiger partial charge in [0.2, 0.25) is 0 Å². The number of piperazine rings is 1. The van der Waals surface area contributed by atoms with Crippen LogP contribution in [0.5, 0.6) is 0 Å². The predicted octanol–water partition coefficient (Wildman–Crippen LogP) is -9.12. The maximum atomic E-state index is 6.43. The van der Waals surface area contributed by atoms with Crippen LogP contribution in [0.2, 0.25) is 0 Å². The third-order valence-corrected chi connectivity index (χ3v) is 5.18. The average Bonchev–Trinajstić information content (AvgIpc) is 2.50. The van der Waals surface area contributed by atoms with Crippen LogP contribution in [0.3, 0.4) is 0 Å². The first-order chi connectivity index (χ1) is 12.0. The minimum atomic E-state index is -1.92. The van der Waals surface area contributed by atoms with Gasteiger partial charge in [-0.2, -0.15) is 0 Å². The third-order valence-electron chi connectivity index (χ3n) is 5.18. The first kappa shape index (κ1) is 24.4. The summed E-state index contributed by atoms with van der Waals surface area (Å²) in [6.07, 6.45) is -0.787. The van der Waals surface area contributed by atoms with Crippen LogP contribution in [-0.2, 0) is 0 Å². The molecule has 4 unspecified atom stereocenters. The van der Waals surface area contributed by atoms with E-state index in [0.29, 0.717) is 13.0 Å². The normalized spacial score (nSPS) is 29.4. The van der Waals surface area contributed by atoms with Crippen molar-refractivity contribution in [2.24, 2.45) is 74.5 Å². The summed E-state index contributed by atoms with van der Waals surface area (Å²) in [4.78, 5) is 1.57. The van der Waals surface area contributed by atoms with E-state index < -0.39 is 47.2 Å². The van der Waals surface area contributed by atoms with E-state index in [1.54, 1.807) is 4.90 Å². The van der Waals surface area contributed by atoms with Crippen LogP contribution in [0.15, 0.2) is 0 Å². The summed E-state index contributed by atoms with van der Waals surface area (Å²) in [7, 11) is 0. The van der Waals surface area contributed by atoms with Gasteiger partial charge in [-0.05, 0) is 13.0 Å². The van der Waals surface area contributed by atoms with Gasteiger partial charge in [0, 0.05) is 19.1 Å². The van der Waals surface area contributed by atoms with Gasteiger partial charge in [-0.15, -0.1) is 0 Å². The summed E-state index contributed by atoms with van der Waals surface area (Å²) >= 11 is 0. The van der Waals surface area contributed by atoms with Crippen molar-refractivity contribution in [3.63, 3.8) is 0 Å². The molecule has 0 aromatic carbocycles. The number of nitrogens with zero attached hydrogens (tertiary/aromatic N) is 1. The zero-order chi connectivity index (χ0) is 21.4. The molecule has 1 saturated heterocycles. The molecule has 0 spiro atoms. The third kappa shape index (κ3) is 4.70. The first-order valence-corrected chi connectivity index (χ1v) is 8.59. The van der Waals surface area contributed by atoms with Crippen molar-refractivity contribution < 1.29 is 0 Å². The lowest BCUT2D eigenvalue weighted by Crippen LogP contribution is -2.95. The van der Waals surface area contributed by atoms with E-state index in [1.165, 1.54) is 0 Å². The second-order valence-corrected chi connectivity index (χ2v) is 7.56. The van der Waals surface area contributed by atoms with Gasteiger partial charge in [-0.3, -0.25) is 56.5 Å². The topological polar surface area (TPSA) is 354 Å². The van der Waals surface area contributed by atoms with Gasteiger partial charge in [0.1, 0.15) is 23.5 Å². The molecular weight excluding hydrogens is 354 g/mol. The molecule has 162 valence electrons. The highest BCUT2D eigenvalue weighted by Gasteiger charge is 2.62. The standard InChI is InChI=1S/C12H39N15/c13-2-1-5-9(6(14)10(17,18)19,7(15)11(20,21)22)27(4-3-26-5)8(16)12(23,24)25/h5-8,26H,1-4,13-25H2. The molecular formula is C12H39N15. The maximum Gasteiger partial charge on any atom is 0.145 e. The number of rotatable bonds is 8. The van der Waals surface area contributed by atoms with Crippen molar-refractivity contribution in [3.05, 3.63) is 0 Å². The van der Waals surface area contributed by atoms with Gasteiger partial charge < -0.3 is 28.3 Å². The van der Waals surface area contributed by atoms with Crippen molar-refractivity contribution in [2.45, 2.75) is 53.6 Å². The van der Waals surface area contributed by atoms with Crippen molar-refractivity contribution >= 4 is 0 Å². The smallest absolute Gasteiger partial charge is 0.145 e. The van der Waals surface area contributed by atoms with Crippen molar-refractivity contribution in [1.82, 2.24) is 10.2 Å². The van der Waals surface area contributed by atoms with Gasteiger partial charge in [0.25, 0.3) is 0 Å². The van der Waals surface area contributed by atoms with E-state index in [0.717, 1.165) is 0 Å². The second-order valence-electron chi connectivity index (χ2n) is 7.56. The van der Waals surface area contributed by atoms with Crippen LogP contribution in [0.1, 0.15) is 6.42 Å². The molecule has 0 bridgehead atoms. The Balaban J connectivity index is 3.76. The Bertz CT molecular complexity index is 455. The average molecular weight is 394 g/mol. The molecule has 1 heterocycles. The minimum Gasteiger partial charge on any atom is -0.330 e. The number of hydrogen-bond donors (Lipinski definition) is 14. The van der Waals surface area contributed by atoms with E-state index in [9.17, 15) is 0 Å². The molecule has 1 aliphatic rings. The molecule has 1 fully saturated rings. The van der Waals surface area contributed by atoms with Crippen LogP contribution in [0, 0.1) is 0 Å². The number of hydrogen-bond acceptors (Lipinski definition) is 15. The Morgan fingerprint density at radius 1 is 0.852 bits per heavy atom. The highest BCUT2D eigenvalue weighted by atomic mass is 15.4. The summed E-state index contributed by atoms with van der Waals surface area (Å²) in [5.74, 6) is -5.68. The van der Waals surface area contributed by atoms with Gasteiger partial charge in [-0.1, -0.05) is 0 Å². The summed E-state index contributed by atoms with van der Waals surface area (Å²) in [5.41, 5.74) is 76.6. The van der Waals surface area contributed by atoms with Gasteiger partial charge >= 0.3 is 0 Å². The molecule has 0 amide bonds. The maximum absolute atomic E-state index is 6.43. The predicted molar refractivity (Wildman–Crippen MR) is 105 cm³/mol. The SMILES string of the molecule is NCCC1NCCN(C(N)C(N)(N)N)C1(C(N)C(N)(N)N)C(N)C(N)(N)N. The molecule has 15 nitrogen and oxygen atoms in total. The summed E-state index contributed by atoms with van der Waals surface area (Å²) in [5, 5.41) is 3.26. The monoisotopic (exact) mass is 393 g/mol. The van der Waals surface area contributed by atoms with E-state index >= 15 is 0 Å². The molecule has 1 aliphatic heterocycles. The Hall–Kier alpha value is -0.600. The van der Waals surface area contributed by atoms with Crippen molar-refractivity contribution in [1.29, 1.82) is 0 Å². The zero-order valence-corrected chi connectivity index (χ0v) is 15.6. The molecule has 27 heavy (non-hydrogen) atoms. The minimum absolute atomic E-state index is 0.250. The van der Waals surface area contributed by atoms with Crippen molar-refractivity contribution in [3.8, 4) is 0 Å². The molecule has 15 heteroatoms. The quantitative estimate of drug-likeness (QED) is 0.170. The summed E-state index contributed by atoms with van der Waals surface area (Å²) < 4.78 is 0. The largest absolute Gasteiger partial charge is 0.330 e. The Morgan fingerprint density at radius 2 is 1.30 bits per heavy atom. The molecule has 0 aromatic rings. The summed E-state index contributed by atoms with van der Waals surface area (Å²) in [6.45, 7) is 0.957. The van der Waals surface area contributed by atoms with E-state index in [4.69, 9.17) is 74.5 Å². The first-order valence-electron chi connectivity index (χ1n) is 8.59. The number of nitrogens with two attached hydrogens (primary N) is 13.